The van der Waals surface area contributed by atoms with Crippen LogP contribution in [0.4, 0.5) is 33.3 Å². The van der Waals surface area contributed by atoms with Crippen LogP contribution in [0.1, 0.15) is 81.8 Å². The van der Waals surface area contributed by atoms with Crippen molar-refractivity contribution in [2.75, 3.05) is 36.2 Å². The second kappa shape index (κ2) is 22.8. The number of aliphatic hydroxyl groups excluding tert-OH is 1. The number of aromatic nitrogens is 2. The van der Waals surface area contributed by atoms with Gasteiger partial charge in [-0.15, -0.1) is 11.3 Å². The number of halogens is 5. The van der Waals surface area contributed by atoms with Crippen LogP contribution >= 0.6 is 23.6 Å². The molecular weight excluding hydrogens is 1030 g/mol. The first-order valence-corrected chi connectivity index (χ1v) is 25.1. The van der Waals surface area contributed by atoms with Crippen LogP contribution in [0, 0.1) is 46.6 Å². The number of hydrogen-bond donors (Lipinski definition) is 3. The molecule has 4 amide bonds. The third-order valence-corrected chi connectivity index (χ3v) is 14.1. The Morgan fingerprint density at radius 1 is 0.974 bits per heavy atom. The molecule has 3 aromatic carbocycles. The largest absolute Gasteiger partial charge is 0.492 e. The Balaban J connectivity index is 0.888. The number of likely N-dealkylation sites (tertiary alicyclic amines) is 1. The van der Waals surface area contributed by atoms with Gasteiger partial charge < -0.3 is 35.0 Å². The molecule has 0 saturated carbocycles. The highest BCUT2D eigenvalue weighted by atomic mass is 32.1. The number of hydrogen-bond acceptors (Lipinski definition) is 13. The molecule has 0 bridgehead atoms. The molecule has 0 unspecified atom stereocenters. The number of nitriles is 2. The number of amides is 4. The van der Waals surface area contributed by atoms with E-state index in [4.69, 9.17) is 21.7 Å². The monoisotopic (exact) mass is 1090 g/mol. The van der Waals surface area contributed by atoms with Gasteiger partial charge in [0, 0.05) is 37.7 Å². The lowest BCUT2D eigenvalue weighted by atomic mass is 9.85. The Morgan fingerprint density at radius 3 is 2.29 bits per heavy atom. The van der Waals surface area contributed by atoms with E-state index in [1.165, 1.54) is 43.0 Å². The van der Waals surface area contributed by atoms with E-state index in [-0.39, 0.29) is 67.6 Å². The first kappa shape index (κ1) is 56.3. The maximum Gasteiger partial charge on any atom is 0.420 e. The average Bonchev–Trinajstić information content (AvgIpc) is 4.04. The highest BCUT2D eigenvalue weighted by Gasteiger charge is 2.52. The van der Waals surface area contributed by atoms with Gasteiger partial charge in [0.15, 0.2) is 16.7 Å². The number of unbranched alkanes of at least 4 members (excludes halogenated alkanes) is 1. The number of ether oxygens (including phenoxy) is 2. The molecule has 3 atom stereocenters. The summed E-state index contributed by atoms with van der Waals surface area (Å²) in [7, 11) is 0. The van der Waals surface area contributed by atoms with E-state index in [0.29, 0.717) is 17.7 Å². The predicted molar refractivity (Wildman–Crippen MR) is 274 cm³/mol. The summed E-state index contributed by atoms with van der Waals surface area (Å²) in [6.45, 7) is 10.0. The topological polar surface area (TPSA) is 214 Å². The minimum Gasteiger partial charge on any atom is -0.492 e. The molecule has 76 heavy (non-hydrogen) atoms. The van der Waals surface area contributed by atoms with Crippen molar-refractivity contribution in [3.05, 3.63) is 112 Å². The van der Waals surface area contributed by atoms with Crippen LogP contribution in [-0.4, -0.2) is 98.8 Å². The van der Waals surface area contributed by atoms with Crippen molar-refractivity contribution < 1.29 is 55.7 Å². The number of alkyl halides is 3. The fraction of sp³-hybridized carbons (Fsp3) is 0.377. The van der Waals surface area contributed by atoms with E-state index in [9.17, 15) is 48.0 Å². The molecule has 2 aromatic heterocycles. The normalized spacial score (nSPS) is 16.8. The quantitative estimate of drug-likeness (QED) is 0.0457. The number of thiocarbonyl (C=S) groups is 1. The lowest BCUT2D eigenvalue weighted by Crippen LogP contribution is -2.58. The third kappa shape index (κ3) is 12.0. The molecule has 7 rings (SSSR count). The van der Waals surface area contributed by atoms with Crippen LogP contribution < -0.4 is 25.2 Å². The molecule has 23 heteroatoms. The number of β-amino-alcohol motifs (C(OH)–C–C–N with tert-alkyl or cyclic N) is 1. The molecule has 4 heterocycles. The molecule has 0 aliphatic carbocycles. The fourth-order valence-corrected chi connectivity index (χ4v) is 10.2. The first-order chi connectivity index (χ1) is 35.9. The number of aliphatic hydroxyl groups is 1. The number of benzene rings is 3. The number of rotatable bonds is 17. The highest BCUT2D eigenvalue weighted by Crippen LogP contribution is 2.42. The predicted octanol–water partition coefficient (Wildman–Crippen LogP) is 8.12. The van der Waals surface area contributed by atoms with E-state index in [1.54, 1.807) is 37.6 Å². The van der Waals surface area contributed by atoms with Crippen molar-refractivity contribution in [2.24, 2.45) is 5.41 Å². The maximum atomic E-state index is 15.9. The van der Waals surface area contributed by atoms with Gasteiger partial charge in [-0.25, -0.2) is 13.8 Å². The number of carbonyl (C=O) groups excluding carboxylic acids is 4. The molecular formula is C53H52F5N9O7S2. The lowest BCUT2D eigenvalue weighted by molar-refractivity contribution is -0.144. The molecule has 3 N–H and O–H groups in total. The van der Waals surface area contributed by atoms with E-state index in [0.717, 1.165) is 51.0 Å². The number of pyridine rings is 1. The van der Waals surface area contributed by atoms with Crippen molar-refractivity contribution in [3.8, 4) is 39.6 Å². The first-order valence-electron chi connectivity index (χ1n) is 23.8. The number of aryl methyl sites for hydroxylation is 1. The summed E-state index contributed by atoms with van der Waals surface area (Å²) in [6.07, 6.45) is -4.14. The van der Waals surface area contributed by atoms with Gasteiger partial charge in [0.25, 0.3) is 5.91 Å². The van der Waals surface area contributed by atoms with E-state index in [2.05, 4.69) is 20.6 Å². The van der Waals surface area contributed by atoms with Gasteiger partial charge in [-0.2, -0.15) is 23.7 Å². The van der Waals surface area contributed by atoms with Gasteiger partial charge in [0.1, 0.15) is 47.3 Å². The number of nitrogens with one attached hydrogen (secondary N) is 2. The maximum absolute atomic E-state index is 15.9. The van der Waals surface area contributed by atoms with Crippen molar-refractivity contribution in [3.63, 3.8) is 0 Å². The average molecular weight is 1090 g/mol. The minimum atomic E-state index is -5.27. The van der Waals surface area contributed by atoms with Crippen molar-refractivity contribution >= 4 is 63.7 Å². The highest BCUT2D eigenvalue weighted by molar-refractivity contribution is 7.81. The third-order valence-electron chi connectivity index (χ3n) is 12.8. The van der Waals surface area contributed by atoms with Crippen molar-refractivity contribution in [2.45, 2.75) is 97.3 Å². The van der Waals surface area contributed by atoms with Crippen LogP contribution in [0.2, 0.25) is 0 Å². The van der Waals surface area contributed by atoms with E-state index < -0.39 is 92.5 Å². The molecule has 2 aliphatic rings. The summed E-state index contributed by atoms with van der Waals surface area (Å²) in [5, 5.41) is 34.9. The fourth-order valence-electron chi connectivity index (χ4n) is 8.84. The Hall–Kier alpha value is -7.44. The van der Waals surface area contributed by atoms with Gasteiger partial charge in [0.2, 0.25) is 17.7 Å². The van der Waals surface area contributed by atoms with Crippen LogP contribution in [0.15, 0.2) is 72.4 Å². The Bertz CT molecular complexity index is 3150. The van der Waals surface area contributed by atoms with Gasteiger partial charge in [0.05, 0.1) is 63.6 Å². The Morgan fingerprint density at radius 2 is 1.66 bits per heavy atom. The number of anilines is 2. The van der Waals surface area contributed by atoms with Crippen molar-refractivity contribution in [1.29, 1.82) is 10.5 Å². The minimum absolute atomic E-state index is 0.0383. The molecule has 5 aromatic rings. The summed E-state index contributed by atoms with van der Waals surface area (Å²) < 4.78 is 84.2. The molecule has 2 fully saturated rings. The lowest BCUT2D eigenvalue weighted by Gasteiger charge is -2.35. The number of carbonyl (C=O) groups is 4. The smallest absolute Gasteiger partial charge is 0.420 e. The Labute approximate surface area is 444 Å². The Kier molecular flexibility index (Phi) is 16.9. The van der Waals surface area contributed by atoms with Gasteiger partial charge >= 0.3 is 6.18 Å². The summed E-state index contributed by atoms with van der Waals surface area (Å²) in [5.41, 5.74) is -1.64. The summed E-state index contributed by atoms with van der Waals surface area (Å²) in [5.74, 6) is -5.05. The zero-order valence-corrected chi connectivity index (χ0v) is 43.7. The molecule has 0 radical (unpaired) electrons. The second-order valence-electron chi connectivity index (χ2n) is 19.6. The zero-order valence-electron chi connectivity index (χ0n) is 42.1. The van der Waals surface area contributed by atoms with Gasteiger partial charge in [-0.3, -0.25) is 29.1 Å². The summed E-state index contributed by atoms with van der Waals surface area (Å²) in [4.78, 5) is 66.8. The van der Waals surface area contributed by atoms with Gasteiger partial charge in [-0.05, 0) is 92.7 Å². The van der Waals surface area contributed by atoms with E-state index >= 15 is 8.78 Å². The molecule has 0 spiro atoms. The molecule has 16 nitrogen and oxygen atoms in total. The molecule has 2 aliphatic heterocycles. The van der Waals surface area contributed by atoms with Crippen LogP contribution in [0.25, 0.3) is 21.7 Å². The zero-order chi connectivity index (χ0) is 55.4. The van der Waals surface area contributed by atoms with Crippen molar-refractivity contribution in [1.82, 2.24) is 25.5 Å². The molecule has 398 valence electrons. The standard InChI is InChI=1S/C53H52F5N9O7S2/c1-29-45(76-28-63-29)31-11-9-30(10-12-31)24-62-47(70)39-21-36(68)26-65(39)48(71)46(51(2,3)4)64-41(69)27-73-17-7-8-18-74-40-16-14-32(19-34(40)23-60)44-37(54)20-35(25-61-44)67-50(75)66(49(72)52(67,5)6)38-15-13-33(22-59)42(43(38)55)53(56,57)58/h9-16,19-20,25,28,36,39,46,68H,7-8,17-18,21,24,26-27H2,1-6H3,(H,62,70)(H,64,69)/t36-,39+,46-/m1/s1. The SMILES string of the molecule is Cc1ncsc1-c1ccc(CNC(=O)[C@@H]2C[C@@H](O)CN2C(=O)[C@@H](NC(=O)COCCCCOc2ccc(-c3ncc(N4C(=S)N(c5ccc(C#N)c(C(F)(F)F)c5F)C(=O)C4(C)C)cc3F)cc2C#N)C(C)(C)C)cc1. The number of thiazole rings is 1. The van der Waals surface area contributed by atoms with Crippen LogP contribution in [-0.2, 0) is 36.6 Å². The van der Waals surface area contributed by atoms with Gasteiger partial charge in [-0.1, -0.05) is 45.0 Å². The summed E-state index contributed by atoms with van der Waals surface area (Å²) >= 11 is 6.99. The second-order valence-corrected chi connectivity index (χ2v) is 20.9. The van der Waals surface area contributed by atoms with Crippen LogP contribution in [0.3, 0.4) is 0 Å². The van der Waals surface area contributed by atoms with E-state index in [1.807, 2.05) is 37.3 Å². The summed E-state index contributed by atoms with van der Waals surface area (Å²) in [6, 6.07) is 15.8. The number of nitrogens with zero attached hydrogens (tertiary/aromatic N) is 7. The molecule has 2 saturated heterocycles. The van der Waals surface area contributed by atoms with Crippen LogP contribution in [0.5, 0.6) is 5.75 Å².